The highest BCUT2D eigenvalue weighted by atomic mass is 32.1. The average Bonchev–Trinajstić information content (AvgIpc) is 2.40. The molecule has 0 aliphatic heterocycles. The largest absolute Gasteiger partial charge is 0.358 e. The Labute approximate surface area is 69.8 Å². The first-order chi connectivity index (χ1) is 5.33. The minimum Gasteiger partial charge on any atom is -0.358 e. The van der Waals surface area contributed by atoms with Gasteiger partial charge in [-0.1, -0.05) is 11.3 Å². The van der Waals surface area contributed by atoms with E-state index >= 15 is 0 Å². The molecule has 0 bridgehead atoms. The van der Waals surface area contributed by atoms with Crippen molar-refractivity contribution in [2.24, 2.45) is 5.73 Å². The Morgan fingerprint density at radius 3 is 3.18 bits per heavy atom. The van der Waals surface area contributed by atoms with E-state index in [-0.39, 0.29) is 0 Å². The summed E-state index contributed by atoms with van der Waals surface area (Å²) >= 11 is 1.50. The fourth-order valence-corrected chi connectivity index (χ4v) is 1.33. The van der Waals surface area contributed by atoms with Gasteiger partial charge in [0.25, 0.3) is 0 Å². The van der Waals surface area contributed by atoms with E-state index in [2.05, 4.69) is 22.4 Å². The van der Waals surface area contributed by atoms with E-state index in [9.17, 15) is 0 Å². The molecule has 0 spiro atoms. The van der Waals surface area contributed by atoms with Crippen LogP contribution in [0.25, 0.3) is 0 Å². The number of hydrogen-bond donors (Lipinski definition) is 2. The standard InChI is InChI=1S/C6H12N4S/c1-5(2-3-7)9-6-10-8-4-11-6/h4-5H,2-3,7H2,1H3,(H,9,10). The van der Waals surface area contributed by atoms with E-state index in [4.69, 9.17) is 5.73 Å². The quantitative estimate of drug-likeness (QED) is 0.701. The summed E-state index contributed by atoms with van der Waals surface area (Å²) in [5.74, 6) is 0. The minimum atomic E-state index is 0.382. The van der Waals surface area contributed by atoms with Crippen molar-refractivity contribution >= 4 is 16.5 Å². The first-order valence-electron chi connectivity index (χ1n) is 3.55. The fraction of sp³-hybridized carbons (Fsp3) is 0.667. The second-order valence-electron chi connectivity index (χ2n) is 2.37. The molecule has 1 unspecified atom stereocenters. The van der Waals surface area contributed by atoms with Crippen LogP contribution in [-0.4, -0.2) is 22.8 Å². The third-order valence-corrected chi connectivity index (χ3v) is 1.95. The van der Waals surface area contributed by atoms with Crippen molar-refractivity contribution in [3.8, 4) is 0 Å². The highest BCUT2D eigenvalue weighted by Crippen LogP contribution is 2.10. The fourth-order valence-electron chi connectivity index (χ4n) is 0.769. The lowest BCUT2D eigenvalue weighted by molar-refractivity contribution is 0.714. The van der Waals surface area contributed by atoms with E-state index in [0.29, 0.717) is 12.6 Å². The minimum absolute atomic E-state index is 0.382. The summed E-state index contributed by atoms with van der Waals surface area (Å²) in [7, 11) is 0. The molecule has 0 saturated carbocycles. The van der Waals surface area contributed by atoms with Crippen molar-refractivity contribution in [2.75, 3.05) is 11.9 Å². The number of rotatable bonds is 4. The van der Waals surface area contributed by atoms with Crippen LogP contribution in [0.3, 0.4) is 0 Å². The van der Waals surface area contributed by atoms with Gasteiger partial charge in [-0.3, -0.25) is 0 Å². The van der Waals surface area contributed by atoms with Gasteiger partial charge < -0.3 is 11.1 Å². The molecular formula is C6H12N4S. The van der Waals surface area contributed by atoms with Gasteiger partial charge in [0.1, 0.15) is 5.51 Å². The summed E-state index contributed by atoms with van der Waals surface area (Å²) in [6, 6.07) is 0.382. The van der Waals surface area contributed by atoms with Crippen LogP contribution < -0.4 is 11.1 Å². The summed E-state index contributed by atoms with van der Waals surface area (Å²) in [5, 5.41) is 11.6. The normalized spacial score (nSPS) is 12.9. The molecule has 0 saturated heterocycles. The molecule has 0 fully saturated rings. The summed E-state index contributed by atoms with van der Waals surface area (Å²) in [4.78, 5) is 0. The molecule has 4 nitrogen and oxygen atoms in total. The molecule has 0 aromatic carbocycles. The highest BCUT2D eigenvalue weighted by molar-refractivity contribution is 7.13. The van der Waals surface area contributed by atoms with Gasteiger partial charge in [0, 0.05) is 6.04 Å². The van der Waals surface area contributed by atoms with Crippen molar-refractivity contribution in [2.45, 2.75) is 19.4 Å². The Balaban J connectivity index is 2.31. The lowest BCUT2D eigenvalue weighted by atomic mass is 10.2. The monoisotopic (exact) mass is 172 g/mol. The Morgan fingerprint density at radius 1 is 1.82 bits per heavy atom. The average molecular weight is 172 g/mol. The lowest BCUT2D eigenvalue weighted by Gasteiger charge is -2.09. The van der Waals surface area contributed by atoms with Gasteiger partial charge in [-0.2, -0.15) is 0 Å². The summed E-state index contributed by atoms with van der Waals surface area (Å²) in [6.45, 7) is 2.78. The molecule has 5 heteroatoms. The number of hydrogen-bond acceptors (Lipinski definition) is 5. The van der Waals surface area contributed by atoms with Crippen molar-refractivity contribution < 1.29 is 0 Å². The molecule has 1 heterocycles. The smallest absolute Gasteiger partial charge is 0.205 e. The summed E-state index contributed by atoms with van der Waals surface area (Å²) in [6.07, 6.45) is 0.958. The molecule has 0 aliphatic carbocycles. The van der Waals surface area contributed by atoms with Crippen LogP contribution in [0.5, 0.6) is 0 Å². The zero-order valence-corrected chi connectivity index (χ0v) is 7.27. The summed E-state index contributed by atoms with van der Waals surface area (Å²) in [5.41, 5.74) is 7.09. The number of anilines is 1. The van der Waals surface area contributed by atoms with Crippen LogP contribution in [0, 0.1) is 0 Å². The first-order valence-corrected chi connectivity index (χ1v) is 4.43. The van der Waals surface area contributed by atoms with Crippen LogP contribution in [-0.2, 0) is 0 Å². The van der Waals surface area contributed by atoms with Crippen molar-refractivity contribution in [3.63, 3.8) is 0 Å². The molecule has 1 rings (SSSR count). The first kappa shape index (κ1) is 8.42. The van der Waals surface area contributed by atoms with Gasteiger partial charge >= 0.3 is 0 Å². The molecule has 3 N–H and O–H groups in total. The Kier molecular flexibility index (Phi) is 3.25. The van der Waals surface area contributed by atoms with Crippen molar-refractivity contribution in [1.82, 2.24) is 10.2 Å². The van der Waals surface area contributed by atoms with E-state index in [1.54, 1.807) is 5.51 Å². The topological polar surface area (TPSA) is 63.8 Å². The third-order valence-electron chi connectivity index (χ3n) is 1.33. The van der Waals surface area contributed by atoms with Crippen LogP contribution in [0.2, 0.25) is 0 Å². The van der Waals surface area contributed by atoms with Crippen LogP contribution in [0.15, 0.2) is 5.51 Å². The Hall–Kier alpha value is -0.680. The Bertz CT molecular complexity index is 186. The molecule has 0 radical (unpaired) electrons. The second kappa shape index (κ2) is 4.25. The predicted molar refractivity (Wildman–Crippen MR) is 46.7 cm³/mol. The third kappa shape index (κ3) is 2.81. The molecule has 0 aliphatic rings. The zero-order chi connectivity index (χ0) is 8.10. The second-order valence-corrected chi connectivity index (χ2v) is 3.20. The Morgan fingerprint density at radius 2 is 2.64 bits per heavy atom. The lowest BCUT2D eigenvalue weighted by Crippen LogP contribution is -2.19. The van der Waals surface area contributed by atoms with Gasteiger partial charge in [0.05, 0.1) is 0 Å². The van der Waals surface area contributed by atoms with E-state index < -0.39 is 0 Å². The van der Waals surface area contributed by atoms with Gasteiger partial charge in [0.2, 0.25) is 5.13 Å². The maximum atomic E-state index is 5.39. The zero-order valence-electron chi connectivity index (χ0n) is 6.45. The van der Waals surface area contributed by atoms with Gasteiger partial charge in [-0.15, -0.1) is 10.2 Å². The van der Waals surface area contributed by atoms with E-state index in [1.165, 1.54) is 11.3 Å². The summed E-state index contributed by atoms with van der Waals surface area (Å²) < 4.78 is 0. The SMILES string of the molecule is CC(CCN)Nc1nncs1. The predicted octanol–water partition coefficient (Wildman–Crippen LogP) is 0.687. The number of nitrogens with zero attached hydrogens (tertiary/aromatic N) is 2. The maximum Gasteiger partial charge on any atom is 0.205 e. The van der Waals surface area contributed by atoms with Crippen LogP contribution in [0.4, 0.5) is 5.13 Å². The molecule has 1 aromatic rings. The van der Waals surface area contributed by atoms with E-state index in [1.807, 2.05) is 0 Å². The number of nitrogens with two attached hydrogens (primary N) is 1. The molecule has 1 aromatic heterocycles. The van der Waals surface area contributed by atoms with Crippen LogP contribution >= 0.6 is 11.3 Å². The molecular weight excluding hydrogens is 160 g/mol. The van der Waals surface area contributed by atoms with Crippen molar-refractivity contribution in [1.29, 1.82) is 0 Å². The van der Waals surface area contributed by atoms with Crippen molar-refractivity contribution in [3.05, 3.63) is 5.51 Å². The maximum absolute atomic E-state index is 5.39. The molecule has 0 amide bonds. The highest BCUT2D eigenvalue weighted by Gasteiger charge is 2.01. The molecule has 1 atom stereocenters. The van der Waals surface area contributed by atoms with Gasteiger partial charge in [-0.25, -0.2) is 0 Å². The number of nitrogens with one attached hydrogen (secondary N) is 1. The molecule has 62 valence electrons. The van der Waals surface area contributed by atoms with Gasteiger partial charge in [-0.05, 0) is 19.9 Å². The molecule has 11 heavy (non-hydrogen) atoms. The van der Waals surface area contributed by atoms with Crippen LogP contribution in [0.1, 0.15) is 13.3 Å². The van der Waals surface area contributed by atoms with Gasteiger partial charge in [0.15, 0.2) is 0 Å². The number of aromatic nitrogens is 2. The van der Waals surface area contributed by atoms with E-state index in [0.717, 1.165) is 11.6 Å².